The molecule has 0 amide bonds. The Labute approximate surface area is 245 Å². The molecule has 2 aliphatic carbocycles. The van der Waals surface area contributed by atoms with Crippen molar-refractivity contribution in [3.8, 4) is 6.01 Å². The summed E-state index contributed by atoms with van der Waals surface area (Å²) in [5, 5.41) is 5.89. The lowest BCUT2D eigenvalue weighted by Crippen LogP contribution is -2.61. The van der Waals surface area contributed by atoms with E-state index in [2.05, 4.69) is 33.3 Å². The fourth-order valence-corrected chi connectivity index (χ4v) is 10.1. The number of aryl methyl sites for hydroxylation is 1. The zero-order valence-corrected chi connectivity index (χ0v) is 24.3. The van der Waals surface area contributed by atoms with Gasteiger partial charge in [-0.2, -0.15) is 9.97 Å². The van der Waals surface area contributed by atoms with Gasteiger partial charge < -0.3 is 15.0 Å². The maximum atomic E-state index is 14.9. The van der Waals surface area contributed by atoms with Crippen LogP contribution in [0.4, 0.5) is 14.5 Å². The van der Waals surface area contributed by atoms with Crippen LogP contribution in [0.2, 0.25) is 0 Å². The van der Waals surface area contributed by atoms with E-state index in [-0.39, 0.29) is 16.8 Å². The topological polar surface area (TPSA) is 53.5 Å². The van der Waals surface area contributed by atoms with Gasteiger partial charge in [0, 0.05) is 48.1 Å². The van der Waals surface area contributed by atoms with Crippen LogP contribution in [0.1, 0.15) is 68.0 Å². The third-order valence-corrected chi connectivity index (χ3v) is 11.9. The highest BCUT2D eigenvalue weighted by Gasteiger charge is 2.66. The lowest BCUT2D eigenvalue weighted by Gasteiger charge is -2.54. The minimum Gasteiger partial charge on any atom is -0.461 e. The van der Waals surface area contributed by atoms with E-state index in [1.807, 2.05) is 13.0 Å². The lowest BCUT2D eigenvalue weighted by molar-refractivity contribution is 0.0726. The molecule has 0 radical (unpaired) electrons. The number of anilines is 1. The summed E-state index contributed by atoms with van der Waals surface area (Å²) in [5.74, 6) is 0.507. The predicted molar refractivity (Wildman–Crippen MR) is 158 cm³/mol. The average molecular weight is 572 g/mol. The Morgan fingerprint density at radius 2 is 2.05 bits per heavy atom. The molecule has 2 saturated carbocycles. The van der Waals surface area contributed by atoms with Crippen molar-refractivity contribution < 1.29 is 13.5 Å². The number of benzene rings is 2. The highest BCUT2D eigenvalue weighted by molar-refractivity contribution is 5.97. The molecule has 0 spiro atoms. The number of aromatic nitrogens is 2. The first-order valence-electron chi connectivity index (χ1n) is 16.1. The standard InChI is InChI=1S/C34H39F2N5O/c1-2-23-26(36)8-7-20-5-3-6-29(30(20)23)40-12-9-24-28(18-40)38-32(42-19-33-10-4-11-41(33)17-21(35)14-33)39-31(24)34-15-22-13-25(34)27(16-34)37-22/h3,5-8,21-22,25,27,37H,2,4,9-19H2,1H3/t21-,22+,25?,27+,33+,34-/m1/s1. The Morgan fingerprint density at radius 1 is 1.12 bits per heavy atom. The SMILES string of the molecule is CCc1c(F)ccc2cccc(N3CCc4c(nc(OC[C@@]56CCCN5C[C@H](F)C6)nc4[C@@]45C[C@@H]6CC4[C@H](C5)N6)C3)c12. The molecule has 6 atom stereocenters. The van der Waals surface area contributed by atoms with Crippen LogP contribution < -0.4 is 15.0 Å². The summed E-state index contributed by atoms with van der Waals surface area (Å²) in [6.07, 6.45) is 6.86. The molecule has 1 N–H and O–H groups in total. The van der Waals surface area contributed by atoms with Crippen molar-refractivity contribution in [3.05, 3.63) is 58.7 Å². The number of nitrogens with zero attached hydrogens (tertiary/aromatic N) is 4. The van der Waals surface area contributed by atoms with Crippen LogP contribution in [0.5, 0.6) is 6.01 Å². The molecule has 2 aromatic carbocycles. The Morgan fingerprint density at radius 3 is 2.88 bits per heavy atom. The van der Waals surface area contributed by atoms with Gasteiger partial charge in [0.25, 0.3) is 0 Å². The minimum absolute atomic E-state index is 0.126. The Hall–Kier alpha value is -2.84. The van der Waals surface area contributed by atoms with Gasteiger partial charge in [-0.3, -0.25) is 4.90 Å². The first-order valence-corrected chi connectivity index (χ1v) is 16.1. The quantitative estimate of drug-likeness (QED) is 0.437. The maximum Gasteiger partial charge on any atom is 0.316 e. The first kappa shape index (κ1) is 25.6. The van der Waals surface area contributed by atoms with Crippen molar-refractivity contribution >= 4 is 16.5 Å². The van der Waals surface area contributed by atoms with Gasteiger partial charge in [0.15, 0.2) is 0 Å². The number of fused-ring (bicyclic) bond motifs is 4. The highest BCUT2D eigenvalue weighted by atomic mass is 19.1. The number of alkyl halides is 1. The number of nitrogens with one attached hydrogen (secondary N) is 1. The normalized spacial score (nSPS) is 34.6. The summed E-state index contributed by atoms with van der Waals surface area (Å²) < 4.78 is 35.9. The van der Waals surface area contributed by atoms with Crippen LogP contribution in [0.3, 0.4) is 0 Å². The van der Waals surface area contributed by atoms with Crippen molar-refractivity contribution in [1.82, 2.24) is 20.2 Å². The van der Waals surface area contributed by atoms with E-state index in [4.69, 9.17) is 14.7 Å². The van der Waals surface area contributed by atoms with Crippen molar-refractivity contribution in [2.24, 2.45) is 5.92 Å². The summed E-state index contributed by atoms with van der Waals surface area (Å²) in [6.45, 7) is 5.43. The molecular weight excluding hydrogens is 532 g/mol. The molecule has 1 unspecified atom stereocenters. The molecule has 42 heavy (non-hydrogen) atoms. The van der Waals surface area contributed by atoms with Crippen molar-refractivity contribution in [2.45, 2.75) is 94.0 Å². The zero-order valence-electron chi connectivity index (χ0n) is 24.3. The highest BCUT2D eigenvalue weighted by Crippen LogP contribution is 2.63. The number of ether oxygens (including phenoxy) is 1. The summed E-state index contributed by atoms with van der Waals surface area (Å²) in [6, 6.07) is 11.4. The molecule has 8 heteroatoms. The fourth-order valence-electron chi connectivity index (χ4n) is 10.1. The van der Waals surface area contributed by atoms with Crippen LogP contribution in [-0.2, 0) is 24.8 Å². The van der Waals surface area contributed by atoms with E-state index in [0.717, 1.165) is 72.9 Å². The molecule has 9 rings (SSSR count). The van der Waals surface area contributed by atoms with E-state index in [1.54, 1.807) is 6.07 Å². The fraction of sp³-hybridized carbons (Fsp3) is 0.588. The monoisotopic (exact) mass is 571 g/mol. The second kappa shape index (κ2) is 9.08. The van der Waals surface area contributed by atoms with Crippen molar-refractivity contribution in [3.63, 3.8) is 0 Å². The van der Waals surface area contributed by atoms with Gasteiger partial charge in [0.1, 0.15) is 18.6 Å². The van der Waals surface area contributed by atoms with Crippen LogP contribution in [0, 0.1) is 11.7 Å². The average Bonchev–Trinajstić information content (AvgIpc) is 3.71. The molecule has 6 nitrogen and oxygen atoms in total. The number of hydrogen-bond donors (Lipinski definition) is 1. The molecule has 6 aliphatic rings. The predicted octanol–water partition coefficient (Wildman–Crippen LogP) is 5.24. The Kier molecular flexibility index (Phi) is 5.55. The number of halogens is 2. The smallest absolute Gasteiger partial charge is 0.316 e. The third-order valence-electron chi connectivity index (χ3n) is 11.9. The van der Waals surface area contributed by atoms with Gasteiger partial charge >= 0.3 is 6.01 Å². The molecule has 5 fully saturated rings. The first-order chi connectivity index (χ1) is 20.5. The molecule has 3 saturated heterocycles. The lowest BCUT2D eigenvalue weighted by atomic mass is 9.55. The Balaban J connectivity index is 1.10. The van der Waals surface area contributed by atoms with Gasteiger partial charge in [-0.15, -0.1) is 0 Å². The van der Waals surface area contributed by atoms with E-state index >= 15 is 0 Å². The van der Waals surface area contributed by atoms with Gasteiger partial charge in [-0.1, -0.05) is 25.1 Å². The van der Waals surface area contributed by atoms with E-state index in [9.17, 15) is 8.78 Å². The van der Waals surface area contributed by atoms with Gasteiger partial charge in [0.2, 0.25) is 0 Å². The van der Waals surface area contributed by atoms with E-state index < -0.39 is 6.17 Å². The zero-order chi connectivity index (χ0) is 28.2. The van der Waals surface area contributed by atoms with Crippen LogP contribution in [-0.4, -0.2) is 64.9 Å². The summed E-state index contributed by atoms with van der Waals surface area (Å²) in [7, 11) is 0. The molecule has 220 valence electrons. The number of piperidine rings is 2. The summed E-state index contributed by atoms with van der Waals surface area (Å²) in [5.41, 5.74) is 5.31. The van der Waals surface area contributed by atoms with E-state index in [0.29, 0.717) is 56.6 Å². The molecule has 4 aliphatic heterocycles. The van der Waals surface area contributed by atoms with Crippen molar-refractivity contribution in [2.75, 3.05) is 31.1 Å². The van der Waals surface area contributed by atoms with Crippen molar-refractivity contribution in [1.29, 1.82) is 0 Å². The second-order valence-corrected chi connectivity index (χ2v) is 13.9. The number of rotatable bonds is 6. The second-order valence-electron chi connectivity index (χ2n) is 13.9. The van der Waals surface area contributed by atoms with Crippen LogP contribution >= 0.6 is 0 Å². The molecule has 5 heterocycles. The maximum absolute atomic E-state index is 14.9. The summed E-state index contributed by atoms with van der Waals surface area (Å²) in [4.78, 5) is 15.0. The van der Waals surface area contributed by atoms with Crippen LogP contribution in [0.25, 0.3) is 10.8 Å². The van der Waals surface area contributed by atoms with Gasteiger partial charge in [-0.05, 0) is 86.1 Å². The van der Waals surface area contributed by atoms with Gasteiger partial charge in [-0.25, -0.2) is 8.78 Å². The summed E-state index contributed by atoms with van der Waals surface area (Å²) >= 11 is 0. The minimum atomic E-state index is -0.784. The molecule has 1 aromatic heterocycles. The Bertz CT molecular complexity index is 1600. The molecule has 2 bridgehead atoms. The number of hydrogen-bond acceptors (Lipinski definition) is 6. The molecular formula is C34H39F2N5O. The van der Waals surface area contributed by atoms with E-state index in [1.165, 1.54) is 17.7 Å². The largest absolute Gasteiger partial charge is 0.461 e. The van der Waals surface area contributed by atoms with Gasteiger partial charge in [0.05, 0.1) is 23.5 Å². The van der Waals surface area contributed by atoms with Crippen LogP contribution in [0.15, 0.2) is 30.3 Å². The molecule has 3 aromatic rings. The third kappa shape index (κ3) is 3.54.